The largest absolute Gasteiger partial charge is 0.496 e. The fraction of sp³-hybridized carbons (Fsp3) is 0.357. The number of ether oxygens (including phenoxy) is 1. The molecule has 1 aliphatic heterocycles. The molecule has 21 heavy (non-hydrogen) atoms. The summed E-state index contributed by atoms with van der Waals surface area (Å²) in [7, 11) is 3.19. The van der Waals surface area contributed by atoms with Crippen LogP contribution in [0.1, 0.15) is 12.0 Å². The van der Waals surface area contributed by atoms with Crippen LogP contribution in [0.3, 0.4) is 0 Å². The van der Waals surface area contributed by atoms with Gasteiger partial charge in [-0.3, -0.25) is 4.79 Å². The van der Waals surface area contributed by atoms with Crippen molar-refractivity contribution in [3.8, 4) is 5.75 Å². The van der Waals surface area contributed by atoms with Crippen molar-refractivity contribution in [2.24, 2.45) is 5.16 Å². The number of hydrogen-bond acceptors (Lipinski definition) is 5. The molecular weight excluding hydrogens is 276 g/mol. The van der Waals surface area contributed by atoms with E-state index >= 15 is 0 Å². The lowest BCUT2D eigenvalue weighted by molar-refractivity contribution is -0.141. The van der Waals surface area contributed by atoms with Crippen molar-refractivity contribution in [2.75, 3.05) is 14.2 Å². The molecule has 112 valence electrons. The number of carboxylic acids is 1. The van der Waals surface area contributed by atoms with Crippen molar-refractivity contribution in [1.29, 1.82) is 0 Å². The summed E-state index contributed by atoms with van der Waals surface area (Å²) in [5, 5.41) is 12.2. The minimum Gasteiger partial charge on any atom is -0.496 e. The Labute approximate surface area is 121 Å². The number of rotatable bonds is 5. The molecule has 7 nitrogen and oxygen atoms in total. The van der Waals surface area contributed by atoms with Gasteiger partial charge in [-0.15, -0.1) is 0 Å². The summed E-state index contributed by atoms with van der Waals surface area (Å²) in [5.41, 5.74) is 0.715. The molecule has 2 rings (SSSR count). The van der Waals surface area contributed by atoms with E-state index in [1.807, 2.05) is 24.3 Å². The second kappa shape index (κ2) is 6.25. The zero-order valence-corrected chi connectivity index (χ0v) is 11.8. The minimum absolute atomic E-state index is 0.0234. The number of carbonyl (C=O) groups is 2. The first-order valence-electron chi connectivity index (χ1n) is 6.35. The zero-order valence-electron chi connectivity index (χ0n) is 11.8. The fourth-order valence-corrected chi connectivity index (χ4v) is 2.05. The first-order valence-corrected chi connectivity index (χ1v) is 6.35. The van der Waals surface area contributed by atoms with Crippen LogP contribution >= 0.6 is 0 Å². The Morgan fingerprint density at radius 1 is 1.48 bits per heavy atom. The number of para-hydroxylation sites is 1. The van der Waals surface area contributed by atoms with Gasteiger partial charge in [0.05, 0.1) is 7.11 Å². The van der Waals surface area contributed by atoms with Crippen LogP contribution in [0.15, 0.2) is 29.4 Å². The first kappa shape index (κ1) is 14.8. The third-order valence-electron chi connectivity index (χ3n) is 3.17. The van der Waals surface area contributed by atoms with Gasteiger partial charge in [0.25, 0.3) is 5.91 Å². The number of oxime groups is 1. The topological polar surface area (TPSA) is 88.4 Å². The van der Waals surface area contributed by atoms with Crippen LogP contribution in [0.2, 0.25) is 0 Å². The molecule has 0 spiro atoms. The Hall–Kier alpha value is -2.57. The maximum atomic E-state index is 12.2. The van der Waals surface area contributed by atoms with Crippen LogP contribution < -0.4 is 4.74 Å². The molecule has 0 radical (unpaired) electrons. The molecule has 0 aliphatic carbocycles. The number of carbonyl (C=O) groups excluding carboxylic acids is 1. The summed E-state index contributed by atoms with van der Waals surface area (Å²) in [4.78, 5) is 29.3. The second-order valence-corrected chi connectivity index (χ2v) is 4.65. The molecule has 1 unspecified atom stereocenters. The number of aliphatic carboxylic acids is 1. The zero-order chi connectivity index (χ0) is 15.4. The molecule has 1 atom stereocenters. The SMILES string of the molecule is COc1ccccc1CN(C)C(=O)C1CC(C(=O)O)=NO1. The third-order valence-corrected chi connectivity index (χ3v) is 3.17. The fourth-order valence-electron chi connectivity index (χ4n) is 2.05. The Kier molecular flexibility index (Phi) is 4.42. The Bertz CT molecular complexity index is 584. The molecular formula is C14H16N2O5. The highest BCUT2D eigenvalue weighted by Crippen LogP contribution is 2.20. The summed E-state index contributed by atoms with van der Waals surface area (Å²) in [6.45, 7) is 0.338. The van der Waals surface area contributed by atoms with Gasteiger partial charge in [0.15, 0.2) is 5.71 Å². The normalized spacial score (nSPS) is 16.9. The van der Waals surface area contributed by atoms with Crippen molar-refractivity contribution in [2.45, 2.75) is 19.1 Å². The highest BCUT2D eigenvalue weighted by molar-refractivity contribution is 6.36. The summed E-state index contributed by atoms with van der Waals surface area (Å²) in [6.07, 6.45) is -0.902. The standard InChI is InChI=1S/C14H16N2O5/c1-16(8-9-5-3-4-6-11(9)20-2)13(17)12-7-10(14(18)19)15-21-12/h3-6,12H,7-8H2,1-2H3,(H,18,19). The van der Waals surface area contributed by atoms with E-state index in [1.54, 1.807) is 14.2 Å². The molecule has 1 aromatic rings. The van der Waals surface area contributed by atoms with Gasteiger partial charge >= 0.3 is 5.97 Å². The number of amides is 1. The summed E-state index contributed by atoms with van der Waals surface area (Å²) in [5.74, 6) is -0.800. The van der Waals surface area contributed by atoms with Gasteiger partial charge in [0.1, 0.15) is 5.75 Å². The van der Waals surface area contributed by atoms with Crippen molar-refractivity contribution in [3.05, 3.63) is 29.8 Å². The van der Waals surface area contributed by atoms with Gasteiger partial charge in [0, 0.05) is 25.6 Å². The van der Waals surface area contributed by atoms with E-state index in [0.717, 1.165) is 5.56 Å². The van der Waals surface area contributed by atoms with E-state index in [4.69, 9.17) is 14.7 Å². The summed E-state index contributed by atoms with van der Waals surface area (Å²) >= 11 is 0. The molecule has 1 heterocycles. The molecule has 0 bridgehead atoms. The predicted octanol–water partition coefficient (Wildman–Crippen LogP) is 0.883. The van der Waals surface area contributed by atoms with Crippen LogP contribution in [0.4, 0.5) is 0 Å². The van der Waals surface area contributed by atoms with Gasteiger partial charge in [-0.1, -0.05) is 23.4 Å². The number of methoxy groups -OCH3 is 1. The van der Waals surface area contributed by atoms with E-state index in [-0.39, 0.29) is 18.0 Å². The lowest BCUT2D eigenvalue weighted by Crippen LogP contribution is -2.36. The van der Waals surface area contributed by atoms with Gasteiger partial charge in [0.2, 0.25) is 6.10 Å². The molecule has 0 saturated heterocycles. The quantitative estimate of drug-likeness (QED) is 0.870. The predicted molar refractivity (Wildman–Crippen MR) is 74.0 cm³/mol. The number of likely N-dealkylation sites (N-methyl/N-ethyl adjacent to an activating group) is 1. The van der Waals surface area contributed by atoms with Crippen molar-refractivity contribution >= 4 is 17.6 Å². The third kappa shape index (κ3) is 3.31. The Balaban J connectivity index is 1.99. The maximum Gasteiger partial charge on any atom is 0.353 e. The van der Waals surface area contributed by atoms with Crippen LogP contribution in [-0.2, 0) is 21.0 Å². The van der Waals surface area contributed by atoms with Crippen molar-refractivity contribution < 1.29 is 24.3 Å². The molecule has 0 fully saturated rings. The van der Waals surface area contributed by atoms with Gasteiger partial charge < -0.3 is 19.6 Å². The molecule has 1 amide bonds. The maximum absolute atomic E-state index is 12.2. The van der Waals surface area contributed by atoms with E-state index in [9.17, 15) is 9.59 Å². The summed E-state index contributed by atoms with van der Waals surface area (Å²) < 4.78 is 5.23. The summed E-state index contributed by atoms with van der Waals surface area (Å²) in [6, 6.07) is 7.37. The Morgan fingerprint density at radius 3 is 2.81 bits per heavy atom. The number of nitrogens with zero attached hydrogens (tertiary/aromatic N) is 2. The lowest BCUT2D eigenvalue weighted by Gasteiger charge is -2.20. The number of carboxylic acid groups (broad SMARTS) is 1. The number of benzene rings is 1. The van der Waals surface area contributed by atoms with Crippen molar-refractivity contribution in [1.82, 2.24) is 4.90 Å². The van der Waals surface area contributed by atoms with Crippen molar-refractivity contribution in [3.63, 3.8) is 0 Å². The number of hydrogen-bond donors (Lipinski definition) is 1. The van der Waals surface area contributed by atoms with Crippen LogP contribution in [0, 0.1) is 0 Å². The molecule has 0 aromatic heterocycles. The minimum atomic E-state index is -1.17. The van der Waals surface area contributed by atoms with Gasteiger partial charge in [-0.2, -0.15) is 0 Å². The smallest absolute Gasteiger partial charge is 0.353 e. The van der Waals surface area contributed by atoms with E-state index in [2.05, 4.69) is 5.16 Å². The van der Waals surface area contributed by atoms with E-state index < -0.39 is 12.1 Å². The molecule has 1 aliphatic rings. The van der Waals surface area contributed by atoms with E-state index in [1.165, 1.54) is 4.90 Å². The molecule has 1 aromatic carbocycles. The highest BCUT2D eigenvalue weighted by atomic mass is 16.6. The molecule has 1 N–H and O–H groups in total. The molecule has 7 heteroatoms. The van der Waals surface area contributed by atoms with Crippen LogP contribution in [-0.4, -0.2) is 47.9 Å². The lowest BCUT2D eigenvalue weighted by atomic mass is 10.1. The average Bonchev–Trinajstić information content (AvgIpc) is 2.97. The van der Waals surface area contributed by atoms with Gasteiger partial charge in [-0.25, -0.2) is 4.79 Å². The highest BCUT2D eigenvalue weighted by Gasteiger charge is 2.33. The van der Waals surface area contributed by atoms with Gasteiger partial charge in [-0.05, 0) is 6.07 Å². The first-order chi connectivity index (χ1) is 10.0. The Morgan fingerprint density at radius 2 is 2.19 bits per heavy atom. The average molecular weight is 292 g/mol. The van der Waals surface area contributed by atoms with E-state index in [0.29, 0.717) is 12.3 Å². The monoisotopic (exact) mass is 292 g/mol. The second-order valence-electron chi connectivity index (χ2n) is 4.65. The molecule has 0 saturated carbocycles. The van der Waals surface area contributed by atoms with Crippen LogP contribution in [0.5, 0.6) is 5.75 Å². The van der Waals surface area contributed by atoms with Crippen LogP contribution in [0.25, 0.3) is 0 Å².